The summed E-state index contributed by atoms with van der Waals surface area (Å²) < 4.78 is 11.7. The van der Waals surface area contributed by atoms with E-state index < -0.39 is 0 Å². The topological polar surface area (TPSA) is 35.5 Å². The van der Waals surface area contributed by atoms with E-state index in [1.165, 1.54) is 25.3 Å². The maximum absolute atomic E-state index is 11.2. The Morgan fingerprint density at radius 3 is 2.81 bits per heavy atom. The highest BCUT2D eigenvalue weighted by atomic mass is 16.5. The third kappa shape index (κ3) is 3.03. The van der Waals surface area contributed by atoms with Gasteiger partial charge >= 0.3 is 5.97 Å². The lowest BCUT2D eigenvalue weighted by molar-refractivity contribution is -0.180. The van der Waals surface area contributed by atoms with E-state index in [0.29, 0.717) is 37.1 Å². The summed E-state index contributed by atoms with van der Waals surface area (Å²) in [7, 11) is 0. The minimum absolute atomic E-state index is 0.0570. The van der Waals surface area contributed by atoms with Crippen LogP contribution in [0, 0.1) is 23.2 Å². The Hall–Kier alpha value is -0.830. The van der Waals surface area contributed by atoms with Gasteiger partial charge in [-0.1, -0.05) is 45.3 Å². The normalized spacial score (nSPS) is 38.8. The number of carbonyl (C=O) groups is 1. The van der Waals surface area contributed by atoms with Gasteiger partial charge in [0.2, 0.25) is 0 Å². The van der Waals surface area contributed by atoms with Crippen LogP contribution in [0.5, 0.6) is 0 Å². The van der Waals surface area contributed by atoms with E-state index in [2.05, 4.69) is 33.8 Å². The molecule has 0 saturated carbocycles. The lowest BCUT2D eigenvalue weighted by Crippen LogP contribution is -2.56. The molecule has 1 aliphatic carbocycles. The summed E-state index contributed by atoms with van der Waals surface area (Å²) in [6.45, 7) is 11.7. The van der Waals surface area contributed by atoms with Gasteiger partial charge in [0.15, 0.2) is 0 Å². The number of carbonyl (C=O) groups excluding carboxylic acids is 1. The quantitative estimate of drug-likeness (QED) is 0.568. The molecule has 1 saturated heterocycles. The number of ether oxygens (including phenoxy) is 2. The van der Waals surface area contributed by atoms with E-state index in [1.54, 1.807) is 0 Å². The lowest BCUT2D eigenvalue weighted by atomic mass is 9.56. The number of allylic oxidation sites excluding steroid dienone is 1. The van der Waals surface area contributed by atoms with Crippen molar-refractivity contribution in [3.05, 3.63) is 11.6 Å². The van der Waals surface area contributed by atoms with E-state index in [9.17, 15) is 4.79 Å². The molecule has 0 N–H and O–H groups in total. The molecular weight excluding hydrogens is 264 g/mol. The smallest absolute Gasteiger partial charge is 0.302 e. The van der Waals surface area contributed by atoms with Crippen molar-refractivity contribution < 1.29 is 14.3 Å². The SMILES string of the molecule is CCCC[C@@H]1OC[C@]2(COC(C)=O)[C@H](C)C=C(C)[C@@H]1[C@@H]2C. The zero-order valence-corrected chi connectivity index (χ0v) is 14.1. The minimum atomic E-state index is -0.195. The molecule has 3 nitrogen and oxygen atoms in total. The summed E-state index contributed by atoms with van der Waals surface area (Å²) in [5.41, 5.74) is 1.40. The second-order valence-corrected chi connectivity index (χ2v) is 7.02. The van der Waals surface area contributed by atoms with E-state index in [0.717, 1.165) is 6.42 Å². The Kier molecular flexibility index (Phi) is 5.13. The summed E-state index contributed by atoms with van der Waals surface area (Å²) >= 11 is 0. The molecule has 0 amide bonds. The van der Waals surface area contributed by atoms with Crippen LogP contribution in [0.2, 0.25) is 0 Å². The highest BCUT2D eigenvalue weighted by molar-refractivity contribution is 5.65. The number of esters is 1. The second-order valence-electron chi connectivity index (χ2n) is 7.02. The van der Waals surface area contributed by atoms with Gasteiger partial charge < -0.3 is 9.47 Å². The first kappa shape index (κ1) is 16.5. The zero-order valence-electron chi connectivity index (χ0n) is 14.1. The van der Waals surface area contributed by atoms with Crippen molar-refractivity contribution in [1.29, 1.82) is 0 Å². The number of hydrogen-bond donors (Lipinski definition) is 0. The molecule has 0 aromatic heterocycles. The molecule has 0 aromatic carbocycles. The molecule has 2 bridgehead atoms. The first-order valence-electron chi connectivity index (χ1n) is 8.35. The minimum Gasteiger partial charge on any atom is -0.465 e. The first-order chi connectivity index (χ1) is 9.92. The van der Waals surface area contributed by atoms with Gasteiger partial charge in [0.1, 0.15) is 0 Å². The van der Waals surface area contributed by atoms with Crippen LogP contribution >= 0.6 is 0 Å². The highest BCUT2D eigenvalue weighted by Crippen LogP contribution is 2.53. The molecule has 0 spiro atoms. The van der Waals surface area contributed by atoms with Gasteiger partial charge in [-0.05, 0) is 25.2 Å². The molecule has 1 aliphatic heterocycles. The summed E-state index contributed by atoms with van der Waals surface area (Å²) in [6.07, 6.45) is 6.27. The van der Waals surface area contributed by atoms with Crippen LogP contribution in [0.25, 0.3) is 0 Å². The molecule has 21 heavy (non-hydrogen) atoms. The van der Waals surface area contributed by atoms with Crippen LogP contribution in [0.1, 0.15) is 53.9 Å². The number of hydrogen-bond acceptors (Lipinski definition) is 3. The molecule has 120 valence electrons. The second kappa shape index (κ2) is 6.51. The molecule has 2 aliphatic rings. The van der Waals surface area contributed by atoms with E-state index in [1.807, 2.05) is 0 Å². The van der Waals surface area contributed by atoms with E-state index in [4.69, 9.17) is 9.47 Å². The van der Waals surface area contributed by atoms with E-state index >= 15 is 0 Å². The van der Waals surface area contributed by atoms with E-state index in [-0.39, 0.29) is 11.4 Å². The van der Waals surface area contributed by atoms with Crippen molar-refractivity contribution in [3.63, 3.8) is 0 Å². The monoisotopic (exact) mass is 294 g/mol. The van der Waals surface area contributed by atoms with Gasteiger partial charge in [-0.15, -0.1) is 0 Å². The van der Waals surface area contributed by atoms with Gasteiger partial charge in [-0.3, -0.25) is 4.79 Å². The maximum Gasteiger partial charge on any atom is 0.302 e. The van der Waals surface area contributed by atoms with Gasteiger partial charge in [-0.2, -0.15) is 0 Å². The van der Waals surface area contributed by atoms with Crippen LogP contribution in [0.15, 0.2) is 11.6 Å². The van der Waals surface area contributed by atoms with Crippen molar-refractivity contribution in [2.75, 3.05) is 13.2 Å². The number of unbranched alkanes of at least 4 members (excludes halogenated alkanes) is 1. The fourth-order valence-corrected chi connectivity index (χ4v) is 4.29. The molecule has 1 heterocycles. The highest BCUT2D eigenvalue weighted by Gasteiger charge is 2.53. The molecule has 2 rings (SSSR count). The molecule has 1 fully saturated rings. The predicted molar refractivity (Wildman–Crippen MR) is 83.9 cm³/mol. The predicted octanol–water partition coefficient (Wildman–Crippen LogP) is 3.97. The Balaban J connectivity index is 2.23. The third-order valence-corrected chi connectivity index (χ3v) is 5.74. The Labute approximate surface area is 129 Å². The molecule has 3 heteroatoms. The molecule has 0 radical (unpaired) electrons. The van der Waals surface area contributed by atoms with Crippen molar-refractivity contribution in [3.8, 4) is 0 Å². The molecule has 0 aromatic rings. The fraction of sp³-hybridized carbons (Fsp3) is 0.833. The van der Waals surface area contributed by atoms with Crippen LogP contribution in [-0.4, -0.2) is 25.3 Å². The molecule has 0 unspecified atom stereocenters. The third-order valence-electron chi connectivity index (χ3n) is 5.74. The average Bonchev–Trinajstić information content (AvgIpc) is 2.42. The summed E-state index contributed by atoms with van der Waals surface area (Å²) in [6, 6.07) is 0. The van der Waals surface area contributed by atoms with Crippen molar-refractivity contribution in [2.45, 2.75) is 60.0 Å². The Morgan fingerprint density at radius 1 is 1.48 bits per heavy atom. The Morgan fingerprint density at radius 2 is 2.19 bits per heavy atom. The van der Waals surface area contributed by atoms with Gasteiger partial charge in [0, 0.05) is 18.3 Å². The van der Waals surface area contributed by atoms with Crippen LogP contribution in [-0.2, 0) is 14.3 Å². The summed E-state index contributed by atoms with van der Waals surface area (Å²) in [5, 5.41) is 0. The van der Waals surface area contributed by atoms with Crippen molar-refractivity contribution in [1.82, 2.24) is 0 Å². The average molecular weight is 294 g/mol. The largest absolute Gasteiger partial charge is 0.465 e. The number of fused-ring (bicyclic) bond motifs is 2. The zero-order chi connectivity index (χ0) is 15.6. The standard InChI is InChI=1S/C18H30O3/c1-6-7-8-16-17-12(2)9-13(3)18(11-21-16,14(17)4)10-20-15(5)19/h9,13-14,16-17H,6-8,10-11H2,1-5H3/t13-,14+,16+,17-,18-/m1/s1. The van der Waals surface area contributed by atoms with Crippen molar-refractivity contribution in [2.24, 2.45) is 23.2 Å². The number of rotatable bonds is 5. The summed E-state index contributed by atoms with van der Waals surface area (Å²) in [4.78, 5) is 11.2. The first-order valence-corrected chi connectivity index (χ1v) is 8.35. The maximum atomic E-state index is 11.2. The Bertz CT molecular complexity index is 415. The van der Waals surface area contributed by atoms with Crippen LogP contribution in [0.3, 0.4) is 0 Å². The van der Waals surface area contributed by atoms with Gasteiger partial charge in [0.05, 0.1) is 19.3 Å². The fourth-order valence-electron chi connectivity index (χ4n) is 4.29. The summed E-state index contributed by atoms with van der Waals surface area (Å²) in [5.74, 6) is 1.15. The van der Waals surface area contributed by atoms with Gasteiger partial charge in [-0.25, -0.2) is 0 Å². The molecular formula is C18H30O3. The van der Waals surface area contributed by atoms with Crippen LogP contribution in [0.4, 0.5) is 0 Å². The van der Waals surface area contributed by atoms with Gasteiger partial charge in [0.25, 0.3) is 0 Å². The van der Waals surface area contributed by atoms with Crippen LogP contribution < -0.4 is 0 Å². The lowest BCUT2D eigenvalue weighted by Gasteiger charge is -2.55. The molecule has 5 atom stereocenters. The van der Waals surface area contributed by atoms with Crippen molar-refractivity contribution >= 4 is 5.97 Å².